The first kappa shape index (κ1) is 18.5. The van der Waals surface area contributed by atoms with Crippen molar-refractivity contribution in [1.29, 1.82) is 0 Å². The zero-order valence-electron chi connectivity index (χ0n) is 15.1. The molecule has 2 amide bonds. The van der Waals surface area contributed by atoms with Gasteiger partial charge < -0.3 is 20.3 Å². The van der Waals surface area contributed by atoms with E-state index >= 15 is 0 Å². The summed E-state index contributed by atoms with van der Waals surface area (Å²) in [7, 11) is 0. The number of carbonyl (C=O) groups excluding carboxylic acids is 2. The average molecular weight is 398 g/mol. The standard InChI is InChI=1S/C21H20ClN3O3/c22-15-6-7-17-14(9-15)10-18(23-17)20(27)24-19(8-13-4-2-1-3-5-13)21(28)25-11-16(26)12-25/h1-7,9-10,16,19,23,26H,8,11-12H2,(H,24,27)/t19-/m0/s1. The molecule has 0 radical (unpaired) electrons. The minimum absolute atomic E-state index is 0.193. The van der Waals surface area contributed by atoms with Crippen molar-refractivity contribution in [3.05, 3.63) is 70.9 Å². The van der Waals surface area contributed by atoms with Crippen LogP contribution in [0.2, 0.25) is 5.02 Å². The summed E-state index contributed by atoms with van der Waals surface area (Å²) in [4.78, 5) is 30.3. The highest BCUT2D eigenvalue weighted by Gasteiger charge is 2.34. The minimum atomic E-state index is -0.711. The van der Waals surface area contributed by atoms with Crippen molar-refractivity contribution in [2.45, 2.75) is 18.6 Å². The van der Waals surface area contributed by atoms with Crippen LogP contribution in [0.3, 0.4) is 0 Å². The van der Waals surface area contributed by atoms with E-state index in [-0.39, 0.29) is 11.8 Å². The van der Waals surface area contributed by atoms with Crippen LogP contribution in [-0.2, 0) is 11.2 Å². The SMILES string of the molecule is O=C(N[C@@H](Cc1ccccc1)C(=O)N1CC(O)C1)c1cc2cc(Cl)ccc2[nH]1. The molecule has 3 N–H and O–H groups in total. The summed E-state index contributed by atoms with van der Waals surface area (Å²) < 4.78 is 0. The molecular weight excluding hydrogens is 378 g/mol. The number of fused-ring (bicyclic) bond motifs is 1. The Morgan fingerprint density at radius 1 is 1.18 bits per heavy atom. The monoisotopic (exact) mass is 397 g/mol. The Hall–Kier alpha value is -2.83. The molecule has 6 nitrogen and oxygen atoms in total. The van der Waals surface area contributed by atoms with E-state index < -0.39 is 12.1 Å². The number of carbonyl (C=O) groups is 2. The molecule has 0 aliphatic carbocycles. The quantitative estimate of drug-likeness (QED) is 0.617. The number of aromatic amines is 1. The van der Waals surface area contributed by atoms with Crippen LogP contribution in [0, 0.1) is 0 Å². The number of rotatable bonds is 5. The van der Waals surface area contributed by atoms with Crippen LogP contribution in [0.15, 0.2) is 54.6 Å². The number of likely N-dealkylation sites (tertiary alicyclic amines) is 1. The van der Waals surface area contributed by atoms with Crippen molar-refractivity contribution in [2.75, 3.05) is 13.1 Å². The zero-order chi connectivity index (χ0) is 19.7. The van der Waals surface area contributed by atoms with Crippen molar-refractivity contribution in [1.82, 2.24) is 15.2 Å². The molecule has 0 unspecified atom stereocenters. The fraction of sp³-hybridized carbons (Fsp3) is 0.238. The molecule has 2 heterocycles. The number of nitrogens with one attached hydrogen (secondary N) is 2. The lowest BCUT2D eigenvalue weighted by molar-refractivity contribution is -0.143. The fourth-order valence-electron chi connectivity index (χ4n) is 3.37. The second-order valence-electron chi connectivity index (χ2n) is 7.03. The van der Waals surface area contributed by atoms with E-state index in [1.807, 2.05) is 36.4 Å². The first-order valence-electron chi connectivity index (χ1n) is 9.09. The van der Waals surface area contributed by atoms with Crippen LogP contribution < -0.4 is 5.32 Å². The Morgan fingerprint density at radius 3 is 2.64 bits per heavy atom. The fourth-order valence-corrected chi connectivity index (χ4v) is 3.55. The third-order valence-electron chi connectivity index (χ3n) is 4.89. The van der Waals surface area contributed by atoms with Crippen LogP contribution >= 0.6 is 11.6 Å². The first-order chi connectivity index (χ1) is 13.5. The molecule has 144 valence electrons. The van der Waals surface area contributed by atoms with Crippen LogP contribution in [0.1, 0.15) is 16.1 Å². The highest BCUT2D eigenvalue weighted by Crippen LogP contribution is 2.20. The zero-order valence-corrected chi connectivity index (χ0v) is 15.8. The van der Waals surface area contributed by atoms with E-state index in [1.54, 1.807) is 23.1 Å². The summed E-state index contributed by atoms with van der Waals surface area (Å²) in [6, 6.07) is 15.9. The van der Waals surface area contributed by atoms with Gasteiger partial charge in [-0.25, -0.2) is 0 Å². The summed E-state index contributed by atoms with van der Waals surface area (Å²) in [5.41, 5.74) is 2.11. The van der Waals surface area contributed by atoms with E-state index in [1.165, 1.54) is 0 Å². The second-order valence-corrected chi connectivity index (χ2v) is 7.46. The van der Waals surface area contributed by atoms with Gasteiger partial charge in [-0.3, -0.25) is 9.59 Å². The average Bonchev–Trinajstić information content (AvgIpc) is 3.08. The summed E-state index contributed by atoms with van der Waals surface area (Å²) >= 11 is 6.01. The Kier molecular flexibility index (Phi) is 5.07. The number of aliphatic hydroxyl groups is 1. The van der Waals surface area contributed by atoms with Gasteiger partial charge in [0.1, 0.15) is 11.7 Å². The molecular formula is C21H20ClN3O3. The molecule has 1 fully saturated rings. The van der Waals surface area contributed by atoms with Gasteiger partial charge in [-0.1, -0.05) is 41.9 Å². The van der Waals surface area contributed by atoms with Gasteiger partial charge in [0, 0.05) is 35.4 Å². The Bertz CT molecular complexity index is 1010. The number of benzene rings is 2. The summed E-state index contributed by atoms with van der Waals surface area (Å²) in [6.45, 7) is 0.593. The molecule has 7 heteroatoms. The van der Waals surface area contributed by atoms with Gasteiger partial charge in [0.25, 0.3) is 5.91 Å². The lowest BCUT2D eigenvalue weighted by atomic mass is 10.0. The molecule has 1 atom stereocenters. The summed E-state index contributed by atoms with van der Waals surface area (Å²) in [5.74, 6) is -0.552. The molecule has 0 spiro atoms. The smallest absolute Gasteiger partial charge is 0.268 e. The molecule has 0 saturated carbocycles. The largest absolute Gasteiger partial charge is 0.389 e. The molecule has 28 heavy (non-hydrogen) atoms. The Morgan fingerprint density at radius 2 is 1.93 bits per heavy atom. The highest BCUT2D eigenvalue weighted by atomic mass is 35.5. The Balaban J connectivity index is 1.54. The lowest BCUT2D eigenvalue weighted by Crippen LogP contribution is -2.59. The summed E-state index contributed by atoms with van der Waals surface area (Å²) in [6.07, 6.45) is -0.111. The Labute approximate surface area is 167 Å². The van der Waals surface area contributed by atoms with Gasteiger partial charge in [-0.2, -0.15) is 0 Å². The third kappa shape index (κ3) is 3.88. The normalized spacial score (nSPS) is 15.3. The van der Waals surface area contributed by atoms with Crippen LogP contribution in [0.25, 0.3) is 10.9 Å². The van der Waals surface area contributed by atoms with Gasteiger partial charge in [0.2, 0.25) is 5.91 Å². The van der Waals surface area contributed by atoms with Crippen LogP contribution in [0.5, 0.6) is 0 Å². The molecule has 4 rings (SSSR count). The third-order valence-corrected chi connectivity index (χ3v) is 5.12. The number of aliphatic hydroxyl groups excluding tert-OH is 1. The van der Waals surface area contributed by atoms with Gasteiger partial charge in [-0.05, 0) is 29.8 Å². The van der Waals surface area contributed by atoms with E-state index in [9.17, 15) is 14.7 Å². The molecule has 1 aromatic heterocycles. The van der Waals surface area contributed by atoms with E-state index in [2.05, 4.69) is 10.3 Å². The van der Waals surface area contributed by atoms with Crippen LogP contribution in [-0.4, -0.2) is 52.0 Å². The molecule has 0 bridgehead atoms. The number of hydrogen-bond donors (Lipinski definition) is 3. The highest BCUT2D eigenvalue weighted by molar-refractivity contribution is 6.31. The van der Waals surface area contributed by atoms with Gasteiger partial charge in [-0.15, -0.1) is 0 Å². The number of aromatic nitrogens is 1. The second kappa shape index (κ2) is 7.66. The van der Waals surface area contributed by atoms with Crippen LogP contribution in [0.4, 0.5) is 0 Å². The van der Waals surface area contributed by atoms with Gasteiger partial charge >= 0.3 is 0 Å². The van der Waals surface area contributed by atoms with E-state index in [0.717, 1.165) is 16.5 Å². The number of halogens is 1. The topological polar surface area (TPSA) is 85.4 Å². The predicted octanol–water partition coefficient (Wildman–Crippen LogP) is 2.37. The van der Waals surface area contributed by atoms with Crippen molar-refractivity contribution < 1.29 is 14.7 Å². The summed E-state index contributed by atoms with van der Waals surface area (Å²) in [5, 5.41) is 13.8. The first-order valence-corrected chi connectivity index (χ1v) is 9.47. The molecule has 1 saturated heterocycles. The van der Waals surface area contributed by atoms with E-state index in [0.29, 0.717) is 30.2 Å². The van der Waals surface area contributed by atoms with Crippen molar-refractivity contribution in [2.24, 2.45) is 0 Å². The van der Waals surface area contributed by atoms with E-state index in [4.69, 9.17) is 11.6 Å². The van der Waals surface area contributed by atoms with Crippen molar-refractivity contribution in [3.63, 3.8) is 0 Å². The van der Waals surface area contributed by atoms with Gasteiger partial charge in [0.15, 0.2) is 0 Å². The molecule has 1 aliphatic heterocycles. The minimum Gasteiger partial charge on any atom is -0.389 e. The lowest BCUT2D eigenvalue weighted by Gasteiger charge is -2.38. The van der Waals surface area contributed by atoms with Crippen molar-refractivity contribution in [3.8, 4) is 0 Å². The molecule has 1 aliphatic rings. The number of amides is 2. The van der Waals surface area contributed by atoms with Gasteiger partial charge in [0.05, 0.1) is 6.10 Å². The maximum absolute atomic E-state index is 12.8. The number of β-amino-alcohol motifs (C(OH)–C–C–N with tert-alkyl or cyclic N) is 1. The van der Waals surface area contributed by atoms with Crippen molar-refractivity contribution >= 4 is 34.3 Å². The molecule has 3 aromatic rings. The maximum atomic E-state index is 12.8. The number of nitrogens with zero attached hydrogens (tertiary/aromatic N) is 1. The molecule has 2 aromatic carbocycles. The maximum Gasteiger partial charge on any atom is 0.268 e. The predicted molar refractivity (Wildman–Crippen MR) is 107 cm³/mol. The number of H-pyrrole nitrogens is 1. The number of hydrogen-bond acceptors (Lipinski definition) is 3.